The largest absolute Gasteiger partial charge is 0.480 e. The number of aliphatic imine (C=N–C) groups is 1. The first-order chi connectivity index (χ1) is 11.6. The summed E-state index contributed by atoms with van der Waals surface area (Å²) in [5, 5.41) is 16.0. The van der Waals surface area contributed by atoms with Crippen LogP contribution in [-0.4, -0.2) is 47.3 Å². The summed E-state index contributed by atoms with van der Waals surface area (Å²) in [6, 6.07) is 0. The monoisotopic (exact) mass is 362 g/mol. The Bertz CT molecular complexity index is 576. The summed E-state index contributed by atoms with van der Waals surface area (Å²) >= 11 is 0. The van der Waals surface area contributed by atoms with Gasteiger partial charge in [0.1, 0.15) is 11.6 Å². The molecule has 3 saturated carbocycles. The Morgan fingerprint density at radius 3 is 2.12 bits per heavy atom. The van der Waals surface area contributed by atoms with Crippen LogP contribution in [0.3, 0.4) is 0 Å². The molecule has 0 amide bonds. The van der Waals surface area contributed by atoms with E-state index >= 15 is 0 Å². The normalized spacial score (nSPS) is 30.6. The number of carbonyl (C=O) groups is 2. The number of nitrogens with zero attached hydrogens (tertiary/aromatic N) is 1. The van der Waals surface area contributed by atoms with E-state index in [0.29, 0.717) is 19.3 Å². The van der Waals surface area contributed by atoms with Gasteiger partial charge < -0.3 is 15.3 Å². The molecule has 6 nitrogen and oxygen atoms in total. The van der Waals surface area contributed by atoms with Crippen LogP contribution in [0.2, 0.25) is 0 Å². The molecular formula is C16H21F3N2O4. The summed E-state index contributed by atoms with van der Waals surface area (Å²) in [7, 11) is 0. The minimum absolute atomic E-state index is 0.250. The molecule has 140 valence electrons. The molecule has 0 aromatic carbocycles. The molecule has 0 radical (unpaired) electrons. The number of esters is 1. The Kier molecular flexibility index (Phi) is 5.24. The van der Waals surface area contributed by atoms with Gasteiger partial charge in [0, 0.05) is 6.21 Å². The molecular weight excluding hydrogens is 341 g/mol. The molecule has 3 aliphatic carbocycles. The van der Waals surface area contributed by atoms with Crippen molar-refractivity contribution in [2.24, 2.45) is 16.3 Å². The van der Waals surface area contributed by atoms with E-state index in [9.17, 15) is 22.8 Å². The zero-order valence-corrected chi connectivity index (χ0v) is 13.9. The summed E-state index contributed by atoms with van der Waals surface area (Å²) in [5.41, 5.74) is -3.12. The molecule has 25 heavy (non-hydrogen) atoms. The molecule has 0 aliphatic heterocycles. The van der Waals surface area contributed by atoms with E-state index in [0.717, 1.165) is 0 Å². The smallest absolute Gasteiger partial charge is 0.430 e. The summed E-state index contributed by atoms with van der Waals surface area (Å²) in [6.07, 6.45) is -2.72. The lowest BCUT2D eigenvalue weighted by molar-refractivity contribution is -0.162. The number of ether oxygens (including phenoxy) is 1. The minimum atomic E-state index is -4.93. The number of carbonyl (C=O) groups excluding carboxylic acids is 1. The number of hydrogen-bond acceptors (Lipinski definition) is 5. The number of carboxylic acids is 1. The third kappa shape index (κ3) is 3.69. The predicted molar refractivity (Wildman–Crippen MR) is 82.9 cm³/mol. The van der Waals surface area contributed by atoms with Crippen LogP contribution < -0.4 is 0 Å². The number of rotatable bonds is 6. The molecule has 3 rings (SSSR count). The third-order valence-corrected chi connectivity index (χ3v) is 5.29. The first-order valence-electron chi connectivity index (χ1n) is 8.17. The van der Waals surface area contributed by atoms with Crippen LogP contribution in [0, 0.1) is 16.7 Å². The van der Waals surface area contributed by atoms with Gasteiger partial charge in [0.05, 0.1) is 17.6 Å². The van der Waals surface area contributed by atoms with E-state index in [1.165, 1.54) is 0 Å². The number of alkyl halides is 3. The van der Waals surface area contributed by atoms with E-state index in [2.05, 4.69) is 4.99 Å². The molecule has 0 aromatic heterocycles. The first-order valence-corrected chi connectivity index (χ1v) is 8.17. The second-order valence-corrected chi connectivity index (χ2v) is 6.70. The third-order valence-electron chi connectivity index (χ3n) is 5.29. The van der Waals surface area contributed by atoms with Gasteiger partial charge in [0.25, 0.3) is 0 Å². The van der Waals surface area contributed by atoms with Crippen molar-refractivity contribution in [2.45, 2.75) is 57.2 Å². The van der Waals surface area contributed by atoms with Gasteiger partial charge in [-0.2, -0.15) is 13.2 Å². The predicted octanol–water partition coefficient (Wildman–Crippen LogP) is 3.00. The molecule has 9 heteroatoms. The Hall–Kier alpha value is -1.93. The van der Waals surface area contributed by atoms with Gasteiger partial charge in [-0.15, -0.1) is 0 Å². The van der Waals surface area contributed by atoms with Gasteiger partial charge in [0.2, 0.25) is 0 Å². The number of fused-ring (bicyclic) bond motifs is 3. The highest BCUT2D eigenvalue weighted by molar-refractivity contribution is 6.15. The van der Waals surface area contributed by atoms with Crippen LogP contribution in [-0.2, 0) is 14.3 Å². The topological polar surface area (TPSA) is 99.8 Å². The number of carboxylic acid groups (broad SMARTS) is 1. The van der Waals surface area contributed by atoms with Gasteiger partial charge in [0.15, 0.2) is 0 Å². The molecule has 0 saturated heterocycles. The number of hydrogen-bond donors (Lipinski definition) is 2. The fourth-order valence-corrected chi connectivity index (χ4v) is 3.76. The van der Waals surface area contributed by atoms with Gasteiger partial charge >= 0.3 is 18.1 Å². The Labute approximate surface area is 143 Å². The molecule has 2 bridgehead atoms. The SMILES string of the molecule is CCOC(=O)C12CCC(N=C(C(C=N)C(=O)O)C(F)(F)F)(CC1)CC2. The number of halogens is 3. The maximum atomic E-state index is 13.3. The zero-order chi connectivity index (χ0) is 18.9. The van der Waals surface area contributed by atoms with Crippen molar-refractivity contribution in [3.63, 3.8) is 0 Å². The zero-order valence-electron chi connectivity index (χ0n) is 13.9. The Balaban J connectivity index is 2.30. The van der Waals surface area contributed by atoms with Crippen molar-refractivity contribution in [1.29, 1.82) is 5.41 Å². The summed E-state index contributed by atoms with van der Waals surface area (Å²) < 4.78 is 45.1. The molecule has 0 heterocycles. The van der Waals surface area contributed by atoms with E-state index in [1.807, 2.05) is 0 Å². The van der Waals surface area contributed by atoms with Crippen molar-refractivity contribution < 1.29 is 32.6 Å². The lowest BCUT2D eigenvalue weighted by Gasteiger charge is -2.50. The summed E-state index contributed by atoms with van der Waals surface area (Å²) in [5.74, 6) is -4.19. The van der Waals surface area contributed by atoms with Crippen LogP contribution in [0.4, 0.5) is 13.2 Å². The molecule has 3 aliphatic rings. The van der Waals surface area contributed by atoms with E-state index in [1.54, 1.807) is 6.92 Å². The first kappa shape index (κ1) is 19.4. The average molecular weight is 362 g/mol. The van der Waals surface area contributed by atoms with Crippen LogP contribution in [0.5, 0.6) is 0 Å². The van der Waals surface area contributed by atoms with Crippen molar-refractivity contribution in [3.8, 4) is 0 Å². The number of nitrogens with one attached hydrogen (secondary N) is 1. The molecule has 1 atom stereocenters. The fourth-order valence-electron chi connectivity index (χ4n) is 3.76. The van der Waals surface area contributed by atoms with Crippen molar-refractivity contribution >= 4 is 23.9 Å². The summed E-state index contributed by atoms with van der Waals surface area (Å²) in [6.45, 7) is 1.95. The Morgan fingerprint density at radius 2 is 1.76 bits per heavy atom. The van der Waals surface area contributed by atoms with Crippen molar-refractivity contribution in [3.05, 3.63) is 0 Å². The van der Waals surface area contributed by atoms with E-state index < -0.39 is 34.7 Å². The maximum Gasteiger partial charge on any atom is 0.430 e. The van der Waals surface area contributed by atoms with Crippen LogP contribution in [0.15, 0.2) is 4.99 Å². The second kappa shape index (κ2) is 6.76. The molecule has 2 N–H and O–H groups in total. The lowest BCUT2D eigenvalue weighted by Crippen LogP contribution is -2.50. The van der Waals surface area contributed by atoms with E-state index in [4.69, 9.17) is 15.3 Å². The average Bonchev–Trinajstić information content (AvgIpc) is 2.55. The molecule has 0 aromatic rings. The highest BCUT2D eigenvalue weighted by Gasteiger charge is 2.55. The van der Waals surface area contributed by atoms with E-state index in [-0.39, 0.29) is 38.1 Å². The van der Waals surface area contributed by atoms with Gasteiger partial charge in [-0.1, -0.05) is 0 Å². The molecule has 1 unspecified atom stereocenters. The minimum Gasteiger partial charge on any atom is -0.480 e. The Morgan fingerprint density at radius 1 is 1.24 bits per heavy atom. The quantitative estimate of drug-likeness (QED) is 0.560. The van der Waals surface area contributed by atoms with Gasteiger partial charge in [-0.3, -0.25) is 14.6 Å². The van der Waals surface area contributed by atoms with Crippen LogP contribution >= 0.6 is 0 Å². The van der Waals surface area contributed by atoms with Crippen LogP contribution in [0.25, 0.3) is 0 Å². The maximum absolute atomic E-state index is 13.3. The van der Waals surface area contributed by atoms with Crippen LogP contribution in [0.1, 0.15) is 45.4 Å². The lowest BCUT2D eigenvalue weighted by atomic mass is 9.57. The second-order valence-electron chi connectivity index (χ2n) is 6.70. The molecule has 3 fully saturated rings. The standard InChI is InChI=1S/C16H21F3N2O4/c1-2-25-13(24)14-3-6-15(7-4-14,8-5-14)21-11(16(17,18)19)10(9-20)12(22)23/h9-10,20H,2-8H2,1H3,(H,22,23). The van der Waals surface area contributed by atoms with Gasteiger partial charge in [-0.05, 0) is 45.4 Å². The highest BCUT2D eigenvalue weighted by atomic mass is 19.4. The highest BCUT2D eigenvalue weighted by Crippen LogP contribution is 2.55. The fraction of sp³-hybridized carbons (Fsp3) is 0.750. The number of aliphatic carboxylic acids is 1. The van der Waals surface area contributed by atoms with Crippen molar-refractivity contribution in [2.75, 3.05) is 6.61 Å². The summed E-state index contributed by atoms with van der Waals surface area (Å²) in [4.78, 5) is 27.1. The molecule has 0 spiro atoms. The van der Waals surface area contributed by atoms with Crippen molar-refractivity contribution in [1.82, 2.24) is 0 Å². The van der Waals surface area contributed by atoms with Gasteiger partial charge in [-0.25, -0.2) is 0 Å².